The minimum absolute atomic E-state index is 0.00124. The fourth-order valence-electron chi connectivity index (χ4n) is 2.45. The monoisotopic (exact) mass is 378 g/mol. The van der Waals surface area contributed by atoms with Gasteiger partial charge in [-0.15, -0.1) is 0 Å². The van der Waals surface area contributed by atoms with Crippen molar-refractivity contribution < 1.29 is 31.9 Å². The van der Waals surface area contributed by atoms with Crippen LogP contribution < -0.4 is 10.2 Å². The van der Waals surface area contributed by atoms with Gasteiger partial charge in [-0.25, -0.2) is 14.1 Å². The van der Waals surface area contributed by atoms with Gasteiger partial charge in [0.05, 0.1) is 11.3 Å². The molecule has 138 valence electrons. The van der Waals surface area contributed by atoms with Crippen molar-refractivity contribution in [2.75, 3.05) is 4.90 Å². The van der Waals surface area contributed by atoms with Crippen LogP contribution in [0.2, 0.25) is 0 Å². The number of barbiturate groups is 1. The summed E-state index contributed by atoms with van der Waals surface area (Å²) in [5.74, 6) is -2.67. The number of urea groups is 1. The van der Waals surface area contributed by atoms with Crippen molar-refractivity contribution in [3.05, 3.63) is 71.0 Å². The van der Waals surface area contributed by atoms with Gasteiger partial charge in [-0.3, -0.25) is 14.9 Å². The van der Waals surface area contributed by atoms with Crippen LogP contribution in [-0.2, 0) is 15.8 Å². The number of alkyl halides is 3. The lowest BCUT2D eigenvalue weighted by Gasteiger charge is -2.26. The van der Waals surface area contributed by atoms with Crippen molar-refractivity contribution in [3.8, 4) is 0 Å². The Morgan fingerprint density at radius 3 is 2.26 bits per heavy atom. The number of anilines is 1. The van der Waals surface area contributed by atoms with E-state index in [1.165, 1.54) is 6.07 Å². The van der Waals surface area contributed by atoms with Crippen LogP contribution in [0.15, 0.2) is 54.1 Å². The van der Waals surface area contributed by atoms with Crippen LogP contribution in [0.3, 0.4) is 0 Å². The van der Waals surface area contributed by atoms with Crippen LogP contribution in [-0.4, -0.2) is 17.8 Å². The van der Waals surface area contributed by atoms with Gasteiger partial charge in [-0.2, -0.15) is 13.2 Å². The molecule has 0 atom stereocenters. The second kappa shape index (κ2) is 6.67. The number of imide groups is 2. The van der Waals surface area contributed by atoms with Crippen molar-refractivity contribution in [1.29, 1.82) is 0 Å². The Bertz CT molecular complexity index is 965. The highest BCUT2D eigenvalue weighted by atomic mass is 19.4. The second-order valence-electron chi connectivity index (χ2n) is 5.56. The molecule has 0 aromatic heterocycles. The fraction of sp³-hybridized carbons (Fsp3) is 0.0556. The smallest absolute Gasteiger partial charge is 0.273 e. The lowest BCUT2D eigenvalue weighted by molar-refractivity contribution is -0.137. The summed E-state index contributed by atoms with van der Waals surface area (Å²) >= 11 is 0. The SMILES string of the molecule is O=C1NC(=O)N(c2ccc(F)cc2)C(=O)/C1=C\c1cccc(C(F)(F)F)c1. The predicted octanol–water partition coefficient (Wildman–Crippen LogP) is 3.51. The van der Waals surface area contributed by atoms with Crippen LogP contribution in [0, 0.1) is 5.82 Å². The summed E-state index contributed by atoms with van der Waals surface area (Å²) in [7, 11) is 0. The molecule has 27 heavy (non-hydrogen) atoms. The third-order valence-electron chi connectivity index (χ3n) is 3.71. The normalized spacial score (nSPS) is 16.7. The second-order valence-corrected chi connectivity index (χ2v) is 5.56. The molecule has 0 unspecified atom stereocenters. The maximum absolute atomic E-state index is 13.0. The summed E-state index contributed by atoms with van der Waals surface area (Å²) in [6.07, 6.45) is -3.64. The number of hydrogen-bond acceptors (Lipinski definition) is 3. The zero-order valence-electron chi connectivity index (χ0n) is 13.4. The molecule has 0 saturated carbocycles. The van der Waals surface area contributed by atoms with E-state index in [2.05, 4.69) is 0 Å². The third-order valence-corrected chi connectivity index (χ3v) is 3.71. The molecular formula is C18H10F4N2O3. The molecule has 1 heterocycles. The molecule has 9 heteroatoms. The molecule has 2 aromatic rings. The fourth-order valence-corrected chi connectivity index (χ4v) is 2.45. The van der Waals surface area contributed by atoms with E-state index in [0.29, 0.717) is 4.90 Å². The van der Waals surface area contributed by atoms with E-state index in [1.54, 1.807) is 0 Å². The van der Waals surface area contributed by atoms with Crippen molar-refractivity contribution in [3.63, 3.8) is 0 Å². The number of rotatable bonds is 2. The Labute approximate surface area is 149 Å². The van der Waals surface area contributed by atoms with Crippen molar-refractivity contribution >= 4 is 29.6 Å². The molecule has 3 rings (SSSR count). The van der Waals surface area contributed by atoms with Crippen LogP contribution in [0.25, 0.3) is 6.08 Å². The van der Waals surface area contributed by atoms with E-state index in [9.17, 15) is 31.9 Å². The quantitative estimate of drug-likeness (QED) is 0.494. The molecular weight excluding hydrogens is 368 g/mol. The third kappa shape index (κ3) is 3.71. The average Bonchev–Trinajstić information content (AvgIpc) is 2.60. The Balaban J connectivity index is 2.01. The lowest BCUT2D eigenvalue weighted by atomic mass is 10.0. The molecule has 1 aliphatic rings. The number of carbonyl (C=O) groups is 3. The van der Waals surface area contributed by atoms with Crippen molar-refractivity contribution in [2.45, 2.75) is 6.18 Å². The summed E-state index contributed by atoms with van der Waals surface area (Å²) in [5.41, 5.74) is -1.52. The molecule has 1 aliphatic heterocycles. The van der Waals surface area contributed by atoms with Crippen molar-refractivity contribution in [1.82, 2.24) is 5.32 Å². The van der Waals surface area contributed by atoms with Gasteiger partial charge in [-0.1, -0.05) is 12.1 Å². The van der Waals surface area contributed by atoms with E-state index in [-0.39, 0.29) is 11.3 Å². The highest BCUT2D eigenvalue weighted by Crippen LogP contribution is 2.30. The van der Waals surface area contributed by atoms with E-state index >= 15 is 0 Å². The summed E-state index contributed by atoms with van der Waals surface area (Å²) in [4.78, 5) is 37.2. The minimum atomic E-state index is -4.59. The number of nitrogens with one attached hydrogen (secondary N) is 1. The molecule has 0 aliphatic carbocycles. The van der Waals surface area contributed by atoms with Crippen LogP contribution in [0.5, 0.6) is 0 Å². The number of carbonyl (C=O) groups excluding carboxylic acids is 3. The first-order valence-corrected chi connectivity index (χ1v) is 7.51. The van der Waals surface area contributed by atoms with Gasteiger partial charge in [0.25, 0.3) is 11.8 Å². The molecule has 1 fully saturated rings. The number of halogens is 4. The average molecular weight is 378 g/mol. The van der Waals surface area contributed by atoms with Gasteiger partial charge >= 0.3 is 12.2 Å². The van der Waals surface area contributed by atoms with E-state index in [4.69, 9.17) is 0 Å². The molecule has 2 aromatic carbocycles. The van der Waals surface area contributed by atoms with Gasteiger partial charge in [-0.05, 0) is 48.0 Å². The summed E-state index contributed by atoms with van der Waals surface area (Å²) in [6, 6.07) is 7.33. The Kier molecular flexibility index (Phi) is 4.52. The zero-order chi connectivity index (χ0) is 19.8. The Morgan fingerprint density at radius 2 is 1.63 bits per heavy atom. The number of benzene rings is 2. The Morgan fingerprint density at radius 1 is 0.963 bits per heavy atom. The van der Waals surface area contributed by atoms with Gasteiger partial charge in [0.2, 0.25) is 0 Å². The molecule has 0 radical (unpaired) electrons. The Hall–Kier alpha value is -3.49. The molecule has 5 nitrogen and oxygen atoms in total. The largest absolute Gasteiger partial charge is 0.416 e. The molecule has 4 amide bonds. The van der Waals surface area contributed by atoms with Crippen molar-refractivity contribution in [2.24, 2.45) is 0 Å². The number of hydrogen-bond donors (Lipinski definition) is 1. The van der Waals surface area contributed by atoms with Gasteiger partial charge in [0.15, 0.2) is 0 Å². The maximum atomic E-state index is 13.0. The molecule has 0 bridgehead atoms. The van der Waals surface area contributed by atoms with Crippen LogP contribution in [0.4, 0.5) is 28.0 Å². The van der Waals surface area contributed by atoms with Gasteiger partial charge in [0, 0.05) is 0 Å². The summed E-state index contributed by atoms with van der Waals surface area (Å²) < 4.78 is 51.5. The van der Waals surface area contributed by atoms with E-state index in [0.717, 1.165) is 48.5 Å². The lowest BCUT2D eigenvalue weighted by Crippen LogP contribution is -2.54. The van der Waals surface area contributed by atoms with Crippen LogP contribution >= 0.6 is 0 Å². The first-order chi connectivity index (χ1) is 12.7. The van der Waals surface area contributed by atoms with E-state index < -0.39 is 41.0 Å². The number of amides is 4. The van der Waals surface area contributed by atoms with Gasteiger partial charge < -0.3 is 0 Å². The van der Waals surface area contributed by atoms with E-state index in [1.807, 2.05) is 5.32 Å². The van der Waals surface area contributed by atoms with Gasteiger partial charge in [0.1, 0.15) is 11.4 Å². The molecule has 1 N–H and O–H groups in total. The zero-order valence-corrected chi connectivity index (χ0v) is 13.4. The summed E-state index contributed by atoms with van der Waals surface area (Å²) in [5, 5.41) is 1.93. The summed E-state index contributed by atoms with van der Waals surface area (Å²) in [6.45, 7) is 0. The predicted molar refractivity (Wildman–Crippen MR) is 86.8 cm³/mol. The standard InChI is InChI=1S/C18H10F4N2O3/c19-12-4-6-13(7-5-12)24-16(26)14(15(25)23-17(24)27)9-10-2-1-3-11(8-10)18(20,21)22/h1-9H,(H,23,25,27)/b14-9-. The minimum Gasteiger partial charge on any atom is -0.273 e. The molecule has 1 saturated heterocycles. The molecule has 0 spiro atoms. The topological polar surface area (TPSA) is 66.5 Å². The highest BCUT2D eigenvalue weighted by molar-refractivity contribution is 6.39. The highest BCUT2D eigenvalue weighted by Gasteiger charge is 2.37. The first kappa shape index (κ1) is 18.3. The maximum Gasteiger partial charge on any atom is 0.416 e. The van der Waals surface area contributed by atoms with Crippen LogP contribution in [0.1, 0.15) is 11.1 Å². The first-order valence-electron chi connectivity index (χ1n) is 7.51. The number of nitrogens with zero attached hydrogens (tertiary/aromatic N) is 1.